The number of anilines is 1. The first-order valence-corrected chi connectivity index (χ1v) is 9.99. The van der Waals surface area contributed by atoms with E-state index in [9.17, 15) is 9.59 Å². The average Bonchev–Trinajstić information content (AvgIpc) is 3.18. The summed E-state index contributed by atoms with van der Waals surface area (Å²) in [7, 11) is 0. The van der Waals surface area contributed by atoms with Crippen LogP contribution in [0.3, 0.4) is 0 Å². The second kappa shape index (κ2) is 9.22. The van der Waals surface area contributed by atoms with E-state index in [1.807, 2.05) is 13.8 Å². The van der Waals surface area contributed by atoms with Gasteiger partial charge in [0.1, 0.15) is 0 Å². The predicted octanol–water partition coefficient (Wildman–Crippen LogP) is 3.06. The molecule has 0 bridgehead atoms. The van der Waals surface area contributed by atoms with Crippen LogP contribution in [0, 0.1) is 5.92 Å². The molecule has 128 valence electrons. The number of thioether (sulfide) groups is 1. The largest absolute Gasteiger partial charge is 0.353 e. The smallest absolute Gasteiger partial charge is 0.230 e. The summed E-state index contributed by atoms with van der Waals surface area (Å²) in [5.41, 5.74) is 0. The summed E-state index contributed by atoms with van der Waals surface area (Å²) in [6.45, 7) is 4.00. The normalized spacial score (nSPS) is 15.1. The van der Waals surface area contributed by atoms with Crippen LogP contribution in [0.1, 0.15) is 52.4 Å². The quantitative estimate of drug-likeness (QED) is 0.552. The topological polar surface area (TPSA) is 84.0 Å². The molecule has 0 atom stereocenters. The fourth-order valence-electron chi connectivity index (χ4n) is 2.65. The lowest BCUT2D eigenvalue weighted by atomic mass is 10.0. The van der Waals surface area contributed by atoms with Gasteiger partial charge in [0.2, 0.25) is 16.9 Å². The monoisotopic (exact) mass is 356 g/mol. The second-order valence-corrected chi connectivity index (χ2v) is 7.91. The molecule has 23 heavy (non-hydrogen) atoms. The van der Waals surface area contributed by atoms with Crippen LogP contribution >= 0.6 is 23.1 Å². The van der Waals surface area contributed by atoms with Crippen LogP contribution < -0.4 is 10.6 Å². The minimum Gasteiger partial charge on any atom is -0.353 e. The first-order valence-electron chi connectivity index (χ1n) is 8.18. The molecule has 0 unspecified atom stereocenters. The molecule has 8 heteroatoms. The van der Waals surface area contributed by atoms with E-state index in [0.29, 0.717) is 21.3 Å². The SMILES string of the molecule is CCC(CC)C(=O)Nc1nnc(SCC(=O)NC2CCCC2)s1. The number of hydrogen-bond donors (Lipinski definition) is 2. The molecule has 1 aliphatic carbocycles. The molecule has 1 fully saturated rings. The van der Waals surface area contributed by atoms with Gasteiger partial charge in [0.05, 0.1) is 5.75 Å². The molecule has 2 N–H and O–H groups in total. The van der Waals surface area contributed by atoms with Crippen LogP contribution in [0.2, 0.25) is 0 Å². The number of aromatic nitrogens is 2. The standard InChI is InChI=1S/C15H24N4O2S2/c1-3-10(4-2)13(21)17-14-18-19-15(23-14)22-9-12(20)16-11-7-5-6-8-11/h10-11H,3-9H2,1-2H3,(H,16,20)(H,17,18,21). The highest BCUT2D eigenvalue weighted by molar-refractivity contribution is 8.01. The Labute approximate surface area is 145 Å². The van der Waals surface area contributed by atoms with Crippen molar-refractivity contribution in [3.63, 3.8) is 0 Å². The summed E-state index contributed by atoms with van der Waals surface area (Å²) < 4.78 is 0.700. The third-order valence-electron chi connectivity index (χ3n) is 4.04. The minimum atomic E-state index is -0.0123. The molecule has 1 aromatic heterocycles. The van der Waals surface area contributed by atoms with Crippen molar-refractivity contribution in [1.82, 2.24) is 15.5 Å². The molecule has 1 aliphatic rings. The lowest BCUT2D eigenvalue weighted by Gasteiger charge is -2.10. The number of carbonyl (C=O) groups excluding carboxylic acids is 2. The van der Waals surface area contributed by atoms with Crippen LogP contribution in [0.15, 0.2) is 4.34 Å². The molecule has 1 saturated carbocycles. The number of rotatable bonds is 8. The van der Waals surface area contributed by atoms with Crippen molar-refractivity contribution in [3.8, 4) is 0 Å². The Hall–Kier alpha value is -1.15. The second-order valence-electron chi connectivity index (χ2n) is 5.71. The highest BCUT2D eigenvalue weighted by Crippen LogP contribution is 2.26. The van der Waals surface area contributed by atoms with Crippen LogP contribution in [0.5, 0.6) is 0 Å². The van der Waals surface area contributed by atoms with Crippen molar-refractivity contribution >= 4 is 40.0 Å². The maximum absolute atomic E-state index is 12.0. The molecule has 1 aromatic rings. The fraction of sp³-hybridized carbons (Fsp3) is 0.733. The van der Waals surface area contributed by atoms with Crippen molar-refractivity contribution in [2.75, 3.05) is 11.1 Å². The average molecular weight is 357 g/mol. The van der Waals surface area contributed by atoms with Gasteiger partial charge in [0, 0.05) is 12.0 Å². The lowest BCUT2D eigenvalue weighted by Crippen LogP contribution is -2.33. The van der Waals surface area contributed by atoms with Crippen LogP contribution in [0.25, 0.3) is 0 Å². The zero-order valence-corrected chi connectivity index (χ0v) is 15.3. The van der Waals surface area contributed by atoms with Gasteiger partial charge in [0.25, 0.3) is 0 Å². The van der Waals surface area contributed by atoms with E-state index in [1.165, 1.54) is 35.9 Å². The molecule has 1 heterocycles. The molecular formula is C15H24N4O2S2. The Balaban J connectivity index is 1.75. The van der Waals surface area contributed by atoms with Crippen molar-refractivity contribution in [1.29, 1.82) is 0 Å². The minimum absolute atomic E-state index is 0.00666. The van der Waals surface area contributed by atoms with E-state index in [2.05, 4.69) is 20.8 Å². The lowest BCUT2D eigenvalue weighted by molar-refractivity contribution is -0.120. The number of amides is 2. The number of nitrogens with one attached hydrogen (secondary N) is 2. The summed E-state index contributed by atoms with van der Waals surface area (Å²) in [6, 6.07) is 0.340. The molecule has 2 amide bonds. The number of carbonyl (C=O) groups is 2. The Morgan fingerprint density at radius 1 is 1.26 bits per heavy atom. The van der Waals surface area contributed by atoms with Crippen molar-refractivity contribution in [3.05, 3.63) is 0 Å². The molecule has 6 nitrogen and oxygen atoms in total. The van der Waals surface area contributed by atoms with Gasteiger partial charge in [-0.2, -0.15) is 0 Å². The van der Waals surface area contributed by atoms with Gasteiger partial charge in [-0.1, -0.05) is 49.8 Å². The Bertz CT molecular complexity index is 525. The van der Waals surface area contributed by atoms with Crippen LogP contribution in [-0.4, -0.2) is 33.8 Å². The van der Waals surface area contributed by atoms with E-state index in [0.717, 1.165) is 25.7 Å². The van der Waals surface area contributed by atoms with Gasteiger partial charge in [-0.05, 0) is 25.7 Å². The van der Waals surface area contributed by atoms with E-state index in [4.69, 9.17) is 0 Å². The zero-order valence-electron chi connectivity index (χ0n) is 13.6. The van der Waals surface area contributed by atoms with Gasteiger partial charge in [-0.3, -0.25) is 9.59 Å². The Kier molecular flexibility index (Phi) is 7.29. The predicted molar refractivity (Wildman–Crippen MR) is 93.7 cm³/mol. The van der Waals surface area contributed by atoms with E-state index >= 15 is 0 Å². The Morgan fingerprint density at radius 2 is 1.96 bits per heavy atom. The first kappa shape index (κ1) is 18.2. The first-order chi connectivity index (χ1) is 11.1. The molecule has 0 aliphatic heterocycles. The zero-order chi connectivity index (χ0) is 16.7. The van der Waals surface area contributed by atoms with Crippen molar-refractivity contribution in [2.24, 2.45) is 5.92 Å². The molecule has 0 radical (unpaired) electrons. The van der Waals surface area contributed by atoms with Crippen molar-refractivity contribution < 1.29 is 9.59 Å². The number of nitrogens with zero attached hydrogens (tertiary/aromatic N) is 2. The third kappa shape index (κ3) is 5.76. The molecular weight excluding hydrogens is 332 g/mol. The van der Waals surface area contributed by atoms with E-state index in [-0.39, 0.29) is 17.7 Å². The van der Waals surface area contributed by atoms with Crippen molar-refractivity contribution in [2.45, 2.75) is 62.8 Å². The molecule has 0 aromatic carbocycles. The van der Waals surface area contributed by atoms with Gasteiger partial charge >= 0.3 is 0 Å². The maximum Gasteiger partial charge on any atom is 0.230 e. The van der Waals surface area contributed by atoms with Crippen LogP contribution in [0.4, 0.5) is 5.13 Å². The summed E-state index contributed by atoms with van der Waals surface area (Å²) in [5.74, 6) is 0.375. The summed E-state index contributed by atoms with van der Waals surface area (Å²) in [6.07, 6.45) is 6.19. The molecule has 0 saturated heterocycles. The van der Waals surface area contributed by atoms with Gasteiger partial charge in [-0.25, -0.2) is 0 Å². The summed E-state index contributed by atoms with van der Waals surface area (Å²) >= 11 is 2.67. The van der Waals surface area contributed by atoms with Gasteiger partial charge < -0.3 is 10.6 Å². The van der Waals surface area contributed by atoms with E-state index in [1.54, 1.807) is 0 Å². The third-order valence-corrected chi connectivity index (χ3v) is 6.01. The Morgan fingerprint density at radius 3 is 2.61 bits per heavy atom. The summed E-state index contributed by atoms with van der Waals surface area (Å²) in [4.78, 5) is 23.9. The molecule has 0 spiro atoms. The van der Waals surface area contributed by atoms with E-state index < -0.39 is 0 Å². The highest BCUT2D eigenvalue weighted by atomic mass is 32.2. The van der Waals surface area contributed by atoms with Gasteiger partial charge in [-0.15, -0.1) is 10.2 Å². The molecule has 2 rings (SSSR count). The van der Waals surface area contributed by atoms with Gasteiger partial charge in [0.15, 0.2) is 4.34 Å². The fourth-order valence-corrected chi connectivity index (χ4v) is 4.22. The summed E-state index contributed by atoms with van der Waals surface area (Å²) in [5, 5.41) is 14.3. The maximum atomic E-state index is 12.0. The highest BCUT2D eigenvalue weighted by Gasteiger charge is 2.18. The van der Waals surface area contributed by atoms with Crippen LogP contribution in [-0.2, 0) is 9.59 Å². The number of hydrogen-bond acceptors (Lipinski definition) is 6.